The standard InChI is InChI=1S/C20H15Cl2N5O2/c21-16-7-6-14(17(22)8-16)10-26-11-15(9-23-27-12-18(28)24-20(27)29)19(25-26)13-4-2-1-3-5-13/h1-9,11H,10,12H2,(H,24,28,29). The summed E-state index contributed by atoms with van der Waals surface area (Å²) in [5.41, 5.74) is 3.17. The zero-order valence-electron chi connectivity index (χ0n) is 15.0. The highest BCUT2D eigenvalue weighted by atomic mass is 35.5. The highest BCUT2D eigenvalue weighted by molar-refractivity contribution is 6.35. The van der Waals surface area contributed by atoms with Crippen LogP contribution in [-0.4, -0.2) is 39.5 Å². The zero-order valence-corrected chi connectivity index (χ0v) is 16.6. The summed E-state index contributed by atoms with van der Waals surface area (Å²) in [6, 6.07) is 14.4. The minimum absolute atomic E-state index is 0.107. The molecule has 4 rings (SSSR count). The molecule has 1 aliphatic rings. The second kappa shape index (κ2) is 8.06. The van der Waals surface area contributed by atoms with E-state index in [0.29, 0.717) is 27.8 Å². The van der Waals surface area contributed by atoms with Crippen LogP contribution in [0.15, 0.2) is 59.8 Å². The van der Waals surface area contributed by atoms with Gasteiger partial charge >= 0.3 is 6.03 Å². The van der Waals surface area contributed by atoms with Gasteiger partial charge in [0, 0.05) is 27.4 Å². The normalized spacial score (nSPS) is 14.1. The van der Waals surface area contributed by atoms with Gasteiger partial charge in [-0.25, -0.2) is 9.80 Å². The Morgan fingerprint density at radius 2 is 1.93 bits per heavy atom. The number of urea groups is 1. The predicted molar refractivity (Wildman–Crippen MR) is 111 cm³/mol. The van der Waals surface area contributed by atoms with Crippen molar-refractivity contribution in [3.8, 4) is 11.3 Å². The Labute approximate surface area is 176 Å². The van der Waals surface area contributed by atoms with Crippen LogP contribution in [0.3, 0.4) is 0 Å². The molecule has 1 saturated heterocycles. The van der Waals surface area contributed by atoms with E-state index in [4.69, 9.17) is 23.2 Å². The van der Waals surface area contributed by atoms with Crippen LogP contribution in [0.4, 0.5) is 4.79 Å². The Balaban J connectivity index is 1.67. The summed E-state index contributed by atoms with van der Waals surface area (Å²) in [5.74, 6) is -0.386. The smallest absolute Gasteiger partial charge is 0.275 e. The first-order chi connectivity index (χ1) is 14.0. The number of carbonyl (C=O) groups excluding carboxylic acids is 2. The van der Waals surface area contributed by atoms with Gasteiger partial charge in [0.25, 0.3) is 0 Å². The van der Waals surface area contributed by atoms with Gasteiger partial charge < -0.3 is 0 Å². The van der Waals surface area contributed by atoms with E-state index in [1.54, 1.807) is 16.8 Å². The van der Waals surface area contributed by atoms with Crippen LogP contribution in [0.1, 0.15) is 11.1 Å². The number of nitrogens with zero attached hydrogens (tertiary/aromatic N) is 4. The molecule has 0 unspecified atom stereocenters. The van der Waals surface area contributed by atoms with Crippen molar-refractivity contribution in [2.24, 2.45) is 5.10 Å². The first kappa shape index (κ1) is 19.2. The van der Waals surface area contributed by atoms with Crippen molar-refractivity contribution in [1.82, 2.24) is 20.1 Å². The first-order valence-electron chi connectivity index (χ1n) is 8.72. The van der Waals surface area contributed by atoms with Crippen molar-refractivity contribution in [2.75, 3.05) is 6.54 Å². The fourth-order valence-corrected chi connectivity index (χ4v) is 3.38. The van der Waals surface area contributed by atoms with Crippen LogP contribution in [0.5, 0.6) is 0 Å². The van der Waals surface area contributed by atoms with Crippen LogP contribution in [0, 0.1) is 0 Å². The SMILES string of the molecule is O=C1CN(N=Cc2cn(Cc3ccc(Cl)cc3Cl)nc2-c2ccccc2)C(=O)N1. The van der Waals surface area contributed by atoms with Gasteiger partial charge in [0.15, 0.2) is 0 Å². The molecule has 7 nitrogen and oxygen atoms in total. The molecular formula is C20H15Cl2N5O2. The summed E-state index contributed by atoms with van der Waals surface area (Å²) in [6.07, 6.45) is 3.33. The molecule has 2 heterocycles. The Bertz CT molecular complexity index is 1110. The summed E-state index contributed by atoms with van der Waals surface area (Å²) in [4.78, 5) is 23.0. The van der Waals surface area contributed by atoms with Crippen molar-refractivity contribution < 1.29 is 9.59 Å². The van der Waals surface area contributed by atoms with Crippen molar-refractivity contribution in [3.63, 3.8) is 0 Å². The zero-order chi connectivity index (χ0) is 20.4. The van der Waals surface area contributed by atoms with Gasteiger partial charge in [-0.05, 0) is 17.7 Å². The number of hydrogen-bond donors (Lipinski definition) is 1. The Kier molecular flexibility index (Phi) is 5.33. The van der Waals surface area contributed by atoms with Crippen molar-refractivity contribution in [1.29, 1.82) is 0 Å². The Morgan fingerprint density at radius 3 is 2.62 bits per heavy atom. The third-order valence-corrected chi connectivity index (χ3v) is 4.88. The first-order valence-corrected chi connectivity index (χ1v) is 9.47. The molecule has 0 spiro atoms. The van der Waals surface area contributed by atoms with E-state index in [2.05, 4.69) is 15.5 Å². The number of hydrogen-bond acceptors (Lipinski definition) is 4. The van der Waals surface area contributed by atoms with Crippen molar-refractivity contribution in [2.45, 2.75) is 6.54 Å². The summed E-state index contributed by atoms with van der Waals surface area (Å²) < 4.78 is 1.74. The molecule has 1 fully saturated rings. The van der Waals surface area contributed by atoms with Crippen LogP contribution in [0.2, 0.25) is 10.0 Å². The fraction of sp³-hybridized carbons (Fsp3) is 0.100. The molecule has 1 N–H and O–H groups in total. The third kappa shape index (κ3) is 4.31. The van der Waals surface area contributed by atoms with Gasteiger partial charge in [-0.3, -0.25) is 14.8 Å². The molecule has 3 amide bonds. The van der Waals surface area contributed by atoms with Crippen molar-refractivity contribution in [3.05, 3.63) is 75.9 Å². The lowest BCUT2D eigenvalue weighted by Crippen LogP contribution is -2.24. The summed E-state index contributed by atoms with van der Waals surface area (Å²) in [7, 11) is 0. The van der Waals surface area contributed by atoms with Crippen LogP contribution in [0.25, 0.3) is 11.3 Å². The van der Waals surface area contributed by atoms with Crippen LogP contribution < -0.4 is 5.32 Å². The van der Waals surface area contributed by atoms with Gasteiger partial charge in [-0.2, -0.15) is 10.2 Å². The van der Waals surface area contributed by atoms with E-state index in [9.17, 15) is 9.59 Å². The molecule has 0 radical (unpaired) electrons. The van der Waals surface area contributed by atoms with Crippen LogP contribution >= 0.6 is 23.2 Å². The van der Waals surface area contributed by atoms with Gasteiger partial charge in [-0.1, -0.05) is 59.6 Å². The number of carbonyl (C=O) groups is 2. The molecule has 0 aliphatic carbocycles. The van der Waals surface area contributed by atoms with Crippen molar-refractivity contribution >= 4 is 41.4 Å². The number of hydrazone groups is 1. The average molecular weight is 428 g/mol. The van der Waals surface area contributed by atoms with E-state index in [0.717, 1.165) is 16.1 Å². The molecule has 9 heteroatoms. The van der Waals surface area contributed by atoms with E-state index in [-0.39, 0.29) is 12.5 Å². The highest BCUT2D eigenvalue weighted by Gasteiger charge is 2.26. The number of benzene rings is 2. The molecule has 1 aliphatic heterocycles. The fourth-order valence-electron chi connectivity index (χ4n) is 2.91. The quantitative estimate of drug-likeness (QED) is 0.496. The largest absolute Gasteiger partial charge is 0.344 e. The number of imide groups is 1. The van der Waals surface area contributed by atoms with E-state index in [1.165, 1.54) is 6.21 Å². The number of rotatable bonds is 5. The lowest BCUT2D eigenvalue weighted by molar-refractivity contribution is -0.118. The molecular weight excluding hydrogens is 413 g/mol. The molecule has 2 aromatic carbocycles. The van der Waals surface area contributed by atoms with Crippen LogP contribution in [-0.2, 0) is 11.3 Å². The lowest BCUT2D eigenvalue weighted by Gasteiger charge is -2.05. The molecule has 29 heavy (non-hydrogen) atoms. The monoisotopic (exact) mass is 427 g/mol. The number of halogens is 2. The third-order valence-electron chi connectivity index (χ3n) is 4.30. The average Bonchev–Trinajstić information content (AvgIpc) is 3.25. The maximum atomic E-state index is 11.7. The maximum Gasteiger partial charge on any atom is 0.344 e. The number of amides is 3. The minimum atomic E-state index is -0.548. The second-order valence-electron chi connectivity index (χ2n) is 6.39. The van der Waals surface area contributed by atoms with E-state index >= 15 is 0 Å². The van der Waals surface area contributed by atoms with Gasteiger partial charge in [0.2, 0.25) is 5.91 Å². The molecule has 146 valence electrons. The highest BCUT2D eigenvalue weighted by Crippen LogP contribution is 2.24. The maximum absolute atomic E-state index is 11.7. The topological polar surface area (TPSA) is 79.6 Å². The van der Waals surface area contributed by atoms with E-state index in [1.807, 2.05) is 42.6 Å². The molecule has 0 saturated carbocycles. The molecule has 0 atom stereocenters. The predicted octanol–water partition coefficient (Wildman–Crippen LogP) is 3.79. The van der Waals surface area contributed by atoms with Gasteiger partial charge in [0.05, 0.1) is 12.8 Å². The lowest BCUT2D eigenvalue weighted by atomic mass is 10.1. The molecule has 0 bridgehead atoms. The Morgan fingerprint density at radius 1 is 1.14 bits per heavy atom. The molecule has 1 aromatic heterocycles. The summed E-state index contributed by atoms with van der Waals surface area (Å²) in [6.45, 7) is 0.330. The summed E-state index contributed by atoms with van der Waals surface area (Å²) in [5, 5.41) is 13.2. The van der Waals surface area contributed by atoms with Gasteiger partial charge in [-0.15, -0.1) is 0 Å². The molecule has 3 aromatic rings. The second-order valence-corrected chi connectivity index (χ2v) is 7.23. The minimum Gasteiger partial charge on any atom is -0.275 e. The van der Waals surface area contributed by atoms with Gasteiger partial charge in [0.1, 0.15) is 12.2 Å². The number of aromatic nitrogens is 2. The van der Waals surface area contributed by atoms with E-state index < -0.39 is 6.03 Å². The number of nitrogens with one attached hydrogen (secondary N) is 1. The Hall–Kier alpha value is -3.16. The summed E-state index contributed by atoms with van der Waals surface area (Å²) >= 11 is 12.3.